The molecule has 196 valence electrons. The molecule has 0 spiro atoms. The second-order valence-corrected chi connectivity index (χ2v) is 9.70. The van der Waals surface area contributed by atoms with Gasteiger partial charge in [0.2, 0.25) is 17.8 Å². The van der Waals surface area contributed by atoms with Gasteiger partial charge in [0.1, 0.15) is 5.92 Å². The van der Waals surface area contributed by atoms with E-state index in [-0.39, 0.29) is 18.9 Å². The summed E-state index contributed by atoms with van der Waals surface area (Å²) in [5, 5.41) is 16.7. The topological polar surface area (TPSA) is 143 Å². The number of likely N-dealkylation sites (tertiary alicyclic amines) is 1. The lowest BCUT2D eigenvalue weighted by atomic mass is 9.98. The highest BCUT2D eigenvalue weighted by Crippen LogP contribution is 2.49. The monoisotopic (exact) mass is 520 g/mol. The maximum Gasteiger partial charge on any atom is 0.260 e. The van der Waals surface area contributed by atoms with Gasteiger partial charge in [0.15, 0.2) is 0 Å². The highest BCUT2D eigenvalue weighted by molar-refractivity contribution is 5.95. The summed E-state index contributed by atoms with van der Waals surface area (Å²) < 4.78 is 28.3. The Bertz CT molecular complexity index is 1440. The van der Waals surface area contributed by atoms with Crippen molar-refractivity contribution >= 4 is 23.5 Å². The number of alkyl halides is 2. The summed E-state index contributed by atoms with van der Waals surface area (Å²) in [6, 6.07) is 7.17. The molecule has 0 radical (unpaired) electrons. The Kier molecular flexibility index (Phi) is 6.52. The predicted octanol–water partition coefficient (Wildman–Crippen LogP) is 3.38. The molecule has 1 saturated heterocycles. The Hall–Kier alpha value is -4.40. The average molecular weight is 521 g/mol. The summed E-state index contributed by atoms with van der Waals surface area (Å²) in [7, 11) is 0. The molecule has 1 unspecified atom stereocenters. The van der Waals surface area contributed by atoms with Gasteiger partial charge in [-0.05, 0) is 43.0 Å². The number of aromatic nitrogens is 4. The summed E-state index contributed by atoms with van der Waals surface area (Å²) in [5.74, 6) is -4.70. The second-order valence-electron chi connectivity index (χ2n) is 9.70. The minimum Gasteiger partial charge on any atom is -0.366 e. The normalized spacial score (nSPS) is 18.6. The number of anilines is 2. The number of nitrogens with two attached hydrogens (primary N) is 1. The zero-order valence-electron chi connectivity index (χ0n) is 20.7. The molecule has 2 amide bonds. The quantitative estimate of drug-likeness (QED) is 0.486. The number of rotatable bonds is 7. The van der Waals surface area contributed by atoms with Crippen LogP contribution in [0.1, 0.15) is 46.8 Å². The smallest absolute Gasteiger partial charge is 0.260 e. The zero-order valence-corrected chi connectivity index (χ0v) is 20.7. The van der Waals surface area contributed by atoms with Crippen LogP contribution in [0.5, 0.6) is 0 Å². The molecule has 10 nitrogen and oxygen atoms in total. The van der Waals surface area contributed by atoms with E-state index < -0.39 is 23.7 Å². The van der Waals surface area contributed by atoms with E-state index in [0.29, 0.717) is 54.4 Å². The molecule has 1 aliphatic heterocycles. The summed E-state index contributed by atoms with van der Waals surface area (Å²) in [6.07, 6.45) is 6.11. The van der Waals surface area contributed by atoms with Crippen molar-refractivity contribution < 1.29 is 18.4 Å². The van der Waals surface area contributed by atoms with Gasteiger partial charge in [-0.2, -0.15) is 10.4 Å². The van der Waals surface area contributed by atoms with Gasteiger partial charge in [0.05, 0.1) is 36.1 Å². The molecule has 3 aromatic rings. The van der Waals surface area contributed by atoms with Crippen molar-refractivity contribution in [2.24, 2.45) is 11.7 Å². The highest BCUT2D eigenvalue weighted by Gasteiger charge is 2.62. The van der Waals surface area contributed by atoms with Crippen molar-refractivity contribution in [2.45, 2.75) is 44.6 Å². The molecule has 1 atom stereocenters. The molecule has 2 aromatic heterocycles. The number of piperidine rings is 1. The minimum atomic E-state index is -2.85. The SMILES string of the molecule is Cc1cnc(Nc2cnn(C3CCN(C(=O)C4CC4(F)F)CC3)c2)nc1-c1ccc(C(N)=O)c(CC#N)c1. The summed E-state index contributed by atoms with van der Waals surface area (Å²) in [5.41, 5.74) is 9.12. The van der Waals surface area contributed by atoms with E-state index >= 15 is 0 Å². The number of halogens is 2. The second kappa shape index (κ2) is 9.81. The van der Waals surface area contributed by atoms with Crippen LogP contribution in [0.2, 0.25) is 0 Å². The largest absolute Gasteiger partial charge is 0.366 e. The Balaban J connectivity index is 1.27. The van der Waals surface area contributed by atoms with Crippen LogP contribution in [0.25, 0.3) is 11.3 Å². The number of amides is 2. The zero-order chi connectivity index (χ0) is 27.0. The Morgan fingerprint density at radius 2 is 2.00 bits per heavy atom. The van der Waals surface area contributed by atoms with E-state index in [1.807, 2.05) is 17.8 Å². The molecule has 5 rings (SSSR count). The molecule has 2 fully saturated rings. The van der Waals surface area contributed by atoms with Gasteiger partial charge in [0, 0.05) is 43.0 Å². The lowest BCUT2D eigenvalue weighted by Gasteiger charge is -2.32. The average Bonchev–Trinajstić information content (AvgIpc) is 3.29. The third kappa shape index (κ3) is 5.04. The number of aryl methyl sites for hydroxylation is 1. The fourth-order valence-corrected chi connectivity index (χ4v) is 4.79. The van der Waals surface area contributed by atoms with Crippen LogP contribution < -0.4 is 11.1 Å². The summed E-state index contributed by atoms with van der Waals surface area (Å²) in [6.45, 7) is 2.71. The number of hydrogen-bond donors (Lipinski definition) is 2. The van der Waals surface area contributed by atoms with Gasteiger partial charge in [-0.25, -0.2) is 18.7 Å². The van der Waals surface area contributed by atoms with E-state index in [2.05, 4.69) is 26.5 Å². The number of nitrogens with one attached hydrogen (secondary N) is 1. The van der Waals surface area contributed by atoms with Gasteiger partial charge in [0.25, 0.3) is 5.92 Å². The van der Waals surface area contributed by atoms with Crippen molar-refractivity contribution in [1.82, 2.24) is 24.6 Å². The Morgan fingerprint density at radius 3 is 2.66 bits per heavy atom. The van der Waals surface area contributed by atoms with Crippen LogP contribution >= 0.6 is 0 Å². The van der Waals surface area contributed by atoms with Crippen LogP contribution in [0.15, 0.2) is 36.8 Å². The summed E-state index contributed by atoms with van der Waals surface area (Å²) in [4.78, 5) is 34.5. The van der Waals surface area contributed by atoms with Gasteiger partial charge < -0.3 is 16.0 Å². The number of carbonyl (C=O) groups is 2. The van der Waals surface area contributed by atoms with Gasteiger partial charge in [-0.3, -0.25) is 14.3 Å². The Morgan fingerprint density at radius 1 is 1.26 bits per heavy atom. The maximum absolute atomic E-state index is 13.3. The van der Waals surface area contributed by atoms with Crippen LogP contribution in [0.4, 0.5) is 20.4 Å². The predicted molar refractivity (Wildman–Crippen MR) is 133 cm³/mol. The molecule has 1 aromatic carbocycles. The molecule has 0 bridgehead atoms. The molecular formula is C26H26F2N8O2. The molecule has 3 N–H and O–H groups in total. The number of nitrogens with zero attached hydrogens (tertiary/aromatic N) is 6. The lowest BCUT2D eigenvalue weighted by Crippen LogP contribution is -2.40. The molecule has 2 aliphatic rings. The third-order valence-corrected chi connectivity index (χ3v) is 7.02. The van der Waals surface area contributed by atoms with E-state index in [4.69, 9.17) is 11.0 Å². The molecule has 38 heavy (non-hydrogen) atoms. The van der Waals surface area contributed by atoms with E-state index in [1.165, 1.54) is 4.90 Å². The number of carbonyl (C=O) groups excluding carboxylic acids is 2. The minimum absolute atomic E-state index is 0.0423. The Labute approximate surface area is 217 Å². The van der Waals surface area contributed by atoms with Crippen molar-refractivity contribution in [2.75, 3.05) is 18.4 Å². The van der Waals surface area contributed by atoms with Crippen LogP contribution in [-0.2, 0) is 11.2 Å². The molecule has 1 saturated carbocycles. The van der Waals surface area contributed by atoms with Gasteiger partial charge in [-0.1, -0.05) is 6.07 Å². The first-order valence-electron chi connectivity index (χ1n) is 12.3. The first kappa shape index (κ1) is 25.3. The van der Waals surface area contributed by atoms with E-state index in [9.17, 15) is 18.4 Å². The summed E-state index contributed by atoms with van der Waals surface area (Å²) >= 11 is 0. The van der Waals surface area contributed by atoms with Crippen molar-refractivity contribution in [3.63, 3.8) is 0 Å². The highest BCUT2D eigenvalue weighted by atomic mass is 19.3. The first-order valence-corrected chi connectivity index (χ1v) is 12.3. The van der Waals surface area contributed by atoms with Crippen LogP contribution in [-0.4, -0.2) is 55.5 Å². The van der Waals surface area contributed by atoms with Crippen LogP contribution in [0.3, 0.4) is 0 Å². The number of primary amides is 1. The number of nitriles is 1. The van der Waals surface area contributed by atoms with Crippen molar-refractivity contribution in [1.29, 1.82) is 5.26 Å². The molecule has 1 aliphatic carbocycles. The lowest BCUT2D eigenvalue weighted by molar-refractivity contribution is -0.136. The maximum atomic E-state index is 13.3. The fourth-order valence-electron chi connectivity index (χ4n) is 4.79. The third-order valence-electron chi connectivity index (χ3n) is 7.02. The standard InChI is InChI=1S/C26H26F2N8O2/c1-15-12-31-25(34-22(15)17-2-3-20(23(30)37)16(10-17)4-7-29)33-18-13-32-36(14-18)19-5-8-35(9-6-19)24(38)21-11-26(21,27)28/h2-3,10,12-14,19,21H,4-6,8-9,11H2,1H3,(H2,30,37)(H,31,33,34). The molecule has 12 heteroatoms. The van der Waals surface area contributed by atoms with Crippen molar-refractivity contribution in [3.8, 4) is 17.3 Å². The van der Waals surface area contributed by atoms with Crippen molar-refractivity contribution in [3.05, 3.63) is 53.5 Å². The van der Waals surface area contributed by atoms with Crippen LogP contribution in [0, 0.1) is 24.2 Å². The number of benzene rings is 1. The van der Waals surface area contributed by atoms with Gasteiger partial charge in [-0.15, -0.1) is 0 Å². The van der Waals surface area contributed by atoms with E-state index in [1.54, 1.807) is 30.6 Å². The first-order chi connectivity index (χ1) is 18.2. The van der Waals surface area contributed by atoms with Gasteiger partial charge >= 0.3 is 0 Å². The number of hydrogen-bond acceptors (Lipinski definition) is 7. The molecular weight excluding hydrogens is 494 g/mol. The molecule has 3 heterocycles. The van der Waals surface area contributed by atoms with E-state index in [0.717, 1.165) is 11.1 Å². The fraction of sp³-hybridized carbons (Fsp3) is 0.385.